The molecule has 0 radical (unpaired) electrons. The first-order valence-corrected chi connectivity index (χ1v) is 9.49. The monoisotopic (exact) mass is 421 g/mol. The van der Waals surface area contributed by atoms with Gasteiger partial charge in [0.25, 0.3) is 5.91 Å². The number of halogens is 2. The van der Waals surface area contributed by atoms with E-state index < -0.39 is 5.91 Å². The fraction of sp³-hybridized carbons (Fsp3) is 0.250. The van der Waals surface area contributed by atoms with E-state index in [0.717, 1.165) is 5.56 Å². The largest absolute Gasteiger partial charge is 0.348 e. The molecule has 0 aliphatic rings. The Balaban J connectivity index is 2.17. The highest BCUT2D eigenvalue weighted by Crippen LogP contribution is 2.30. The highest BCUT2D eigenvalue weighted by atomic mass is 35.5. The Morgan fingerprint density at radius 2 is 1.79 bits per heavy atom. The van der Waals surface area contributed by atoms with Gasteiger partial charge in [-0.25, -0.2) is 0 Å². The molecule has 0 atom stereocenters. The number of benzene rings is 2. The smallest absolute Gasteiger partial charge is 0.253 e. The van der Waals surface area contributed by atoms with Crippen LogP contribution in [0.5, 0.6) is 0 Å². The lowest BCUT2D eigenvalue weighted by molar-refractivity contribution is -0.116. The summed E-state index contributed by atoms with van der Waals surface area (Å²) in [6.45, 7) is 3.52. The molecule has 0 saturated heterocycles. The van der Waals surface area contributed by atoms with Crippen molar-refractivity contribution in [3.63, 3.8) is 0 Å². The highest BCUT2D eigenvalue weighted by Gasteiger charge is 2.18. The summed E-state index contributed by atoms with van der Waals surface area (Å²) >= 11 is 12.2. The summed E-state index contributed by atoms with van der Waals surface area (Å²) in [5, 5.41) is 8.62. The average Bonchev–Trinajstić information content (AvgIpc) is 2.61. The zero-order chi connectivity index (χ0) is 20.7. The lowest BCUT2D eigenvalue weighted by atomic mass is 10.1. The van der Waals surface area contributed by atoms with Crippen LogP contribution in [0, 0.1) is 0 Å². The second-order valence-electron chi connectivity index (χ2n) is 6.17. The van der Waals surface area contributed by atoms with E-state index in [-0.39, 0.29) is 39.7 Å². The first-order valence-electron chi connectivity index (χ1n) is 8.73. The van der Waals surface area contributed by atoms with Crippen molar-refractivity contribution in [1.82, 2.24) is 5.32 Å². The number of nitrogens with one attached hydrogen (secondary N) is 3. The molecule has 3 amide bonds. The maximum atomic E-state index is 12.7. The summed E-state index contributed by atoms with van der Waals surface area (Å²) in [5.41, 5.74) is 1.84. The zero-order valence-corrected chi connectivity index (χ0v) is 17.1. The molecule has 0 aromatic heterocycles. The Hall–Kier alpha value is -2.57. The van der Waals surface area contributed by atoms with Gasteiger partial charge in [-0.3, -0.25) is 14.4 Å². The van der Waals surface area contributed by atoms with Gasteiger partial charge < -0.3 is 16.0 Å². The molecule has 2 aromatic carbocycles. The second-order valence-corrected chi connectivity index (χ2v) is 7.02. The van der Waals surface area contributed by atoms with Gasteiger partial charge >= 0.3 is 0 Å². The predicted octanol–water partition coefficient (Wildman–Crippen LogP) is 4.62. The lowest BCUT2D eigenvalue weighted by Crippen LogP contribution is -2.25. The van der Waals surface area contributed by atoms with E-state index in [2.05, 4.69) is 16.0 Å². The van der Waals surface area contributed by atoms with Crippen molar-refractivity contribution >= 4 is 52.3 Å². The average molecular weight is 422 g/mol. The Kier molecular flexibility index (Phi) is 7.84. The minimum Gasteiger partial charge on any atom is -0.348 e. The van der Waals surface area contributed by atoms with Crippen LogP contribution in [0.15, 0.2) is 36.4 Å². The number of carbonyl (C=O) groups excluding carboxylic acids is 3. The molecule has 0 spiro atoms. The molecule has 0 fully saturated rings. The third-order valence-corrected chi connectivity index (χ3v) is 4.26. The van der Waals surface area contributed by atoms with Gasteiger partial charge in [0, 0.05) is 30.6 Å². The quantitative estimate of drug-likeness (QED) is 0.609. The zero-order valence-electron chi connectivity index (χ0n) is 15.6. The predicted molar refractivity (Wildman–Crippen MR) is 112 cm³/mol. The van der Waals surface area contributed by atoms with E-state index in [0.29, 0.717) is 18.5 Å². The van der Waals surface area contributed by atoms with Crippen molar-refractivity contribution in [2.75, 3.05) is 10.6 Å². The van der Waals surface area contributed by atoms with E-state index in [1.165, 1.54) is 19.1 Å². The first kappa shape index (κ1) is 21.7. The SMILES string of the molecule is CCCC(=O)Nc1c(Cl)cc(Cl)cc1C(=O)NCc1cccc(NC(C)=O)c1. The molecule has 148 valence electrons. The van der Waals surface area contributed by atoms with Crippen LogP contribution in [0.1, 0.15) is 42.6 Å². The molecule has 0 unspecified atom stereocenters. The van der Waals surface area contributed by atoms with Crippen LogP contribution in [0.3, 0.4) is 0 Å². The third kappa shape index (κ3) is 6.25. The fourth-order valence-electron chi connectivity index (χ4n) is 2.55. The second kappa shape index (κ2) is 10.1. The molecule has 8 heteroatoms. The number of hydrogen-bond donors (Lipinski definition) is 3. The molecule has 6 nitrogen and oxygen atoms in total. The van der Waals surface area contributed by atoms with Gasteiger partial charge in [-0.05, 0) is 36.2 Å². The van der Waals surface area contributed by atoms with Crippen molar-refractivity contribution in [3.05, 3.63) is 57.6 Å². The minimum absolute atomic E-state index is 0.179. The summed E-state index contributed by atoms with van der Waals surface area (Å²) in [6.07, 6.45) is 0.985. The molecular formula is C20H21Cl2N3O3. The van der Waals surface area contributed by atoms with E-state index in [1.54, 1.807) is 18.2 Å². The van der Waals surface area contributed by atoms with Crippen LogP contribution in [0.2, 0.25) is 10.0 Å². The maximum Gasteiger partial charge on any atom is 0.253 e. The van der Waals surface area contributed by atoms with Gasteiger partial charge in [-0.2, -0.15) is 0 Å². The molecule has 0 saturated carbocycles. The van der Waals surface area contributed by atoms with Gasteiger partial charge in [-0.1, -0.05) is 42.3 Å². The Bertz CT molecular complexity index is 900. The van der Waals surface area contributed by atoms with Gasteiger partial charge in [-0.15, -0.1) is 0 Å². The van der Waals surface area contributed by atoms with Crippen molar-refractivity contribution in [2.24, 2.45) is 0 Å². The van der Waals surface area contributed by atoms with Crippen molar-refractivity contribution in [3.8, 4) is 0 Å². The highest BCUT2D eigenvalue weighted by molar-refractivity contribution is 6.38. The van der Waals surface area contributed by atoms with E-state index in [1.807, 2.05) is 13.0 Å². The van der Waals surface area contributed by atoms with Crippen LogP contribution in [0.25, 0.3) is 0 Å². The summed E-state index contributed by atoms with van der Waals surface area (Å²) in [5.74, 6) is -0.841. The van der Waals surface area contributed by atoms with Crippen LogP contribution >= 0.6 is 23.2 Å². The van der Waals surface area contributed by atoms with Crippen molar-refractivity contribution in [2.45, 2.75) is 33.2 Å². The van der Waals surface area contributed by atoms with E-state index in [9.17, 15) is 14.4 Å². The summed E-state index contributed by atoms with van der Waals surface area (Å²) in [4.78, 5) is 35.8. The van der Waals surface area contributed by atoms with E-state index in [4.69, 9.17) is 23.2 Å². The Morgan fingerprint density at radius 1 is 1.04 bits per heavy atom. The number of rotatable bonds is 7. The van der Waals surface area contributed by atoms with Gasteiger partial charge in [0.1, 0.15) is 0 Å². The summed E-state index contributed by atoms with van der Waals surface area (Å²) in [6, 6.07) is 10.0. The molecule has 0 aliphatic heterocycles. The fourth-order valence-corrected chi connectivity index (χ4v) is 3.09. The van der Waals surface area contributed by atoms with Gasteiger partial charge in [0.15, 0.2) is 0 Å². The van der Waals surface area contributed by atoms with Crippen LogP contribution < -0.4 is 16.0 Å². The summed E-state index contributed by atoms with van der Waals surface area (Å²) < 4.78 is 0. The topological polar surface area (TPSA) is 87.3 Å². The first-order chi connectivity index (χ1) is 13.3. The summed E-state index contributed by atoms with van der Waals surface area (Å²) in [7, 11) is 0. The standard InChI is InChI=1S/C20H21Cl2N3O3/c1-3-5-18(27)25-19-16(9-14(21)10-17(19)22)20(28)23-11-13-6-4-7-15(8-13)24-12(2)26/h4,6-10H,3,5,11H2,1-2H3,(H,23,28)(H,24,26)(H,25,27). The van der Waals surface area contributed by atoms with Crippen molar-refractivity contribution in [1.29, 1.82) is 0 Å². The Labute approximate surface area is 173 Å². The van der Waals surface area contributed by atoms with Crippen LogP contribution in [-0.2, 0) is 16.1 Å². The normalized spacial score (nSPS) is 10.3. The van der Waals surface area contributed by atoms with Crippen molar-refractivity contribution < 1.29 is 14.4 Å². The molecule has 0 bridgehead atoms. The molecule has 3 N–H and O–H groups in total. The molecule has 2 aromatic rings. The minimum atomic E-state index is -0.430. The van der Waals surface area contributed by atoms with Gasteiger partial charge in [0.2, 0.25) is 11.8 Å². The third-order valence-electron chi connectivity index (χ3n) is 3.74. The molecular weight excluding hydrogens is 401 g/mol. The molecule has 28 heavy (non-hydrogen) atoms. The molecule has 0 heterocycles. The van der Waals surface area contributed by atoms with Crippen LogP contribution in [0.4, 0.5) is 11.4 Å². The molecule has 2 rings (SSSR count). The van der Waals surface area contributed by atoms with Gasteiger partial charge in [0.05, 0.1) is 16.3 Å². The number of amides is 3. The lowest BCUT2D eigenvalue weighted by Gasteiger charge is -2.14. The van der Waals surface area contributed by atoms with Crippen LogP contribution in [-0.4, -0.2) is 17.7 Å². The maximum absolute atomic E-state index is 12.7. The number of carbonyl (C=O) groups is 3. The molecule has 0 aliphatic carbocycles. The number of anilines is 2. The van der Waals surface area contributed by atoms with E-state index >= 15 is 0 Å². The number of hydrogen-bond acceptors (Lipinski definition) is 3. The Morgan fingerprint density at radius 3 is 2.46 bits per heavy atom.